The number of carbonyl (C=O) groups is 2. The van der Waals surface area contributed by atoms with Crippen LogP contribution in [0.15, 0.2) is 60.5 Å². The summed E-state index contributed by atoms with van der Waals surface area (Å²) in [7, 11) is 2.91. The van der Waals surface area contributed by atoms with Gasteiger partial charge in [0.05, 0.1) is 26.2 Å². The third-order valence-corrected chi connectivity index (χ3v) is 5.59. The number of methoxy groups -OCH3 is 2. The number of nitrogens with zero attached hydrogens (tertiary/aromatic N) is 1. The van der Waals surface area contributed by atoms with E-state index in [1.165, 1.54) is 7.11 Å². The van der Waals surface area contributed by atoms with Crippen LogP contribution in [0.1, 0.15) is 39.4 Å². The van der Waals surface area contributed by atoms with Crippen molar-refractivity contribution >= 4 is 17.8 Å². The molecular weight excluding hydrogens is 410 g/mol. The molecule has 0 saturated heterocycles. The summed E-state index contributed by atoms with van der Waals surface area (Å²) in [5.74, 6) is 1.04. The van der Waals surface area contributed by atoms with Crippen LogP contribution in [0.2, 0.25) is 0 Å². The number of pyridine rings is 1. The number of ether oxygens (including phenoxy) is 4. The van der Waals surface area contributed by atoms with Gasteiger partial charge in [-0.25, -0.2) is 4.98 Å². The van der Waals surface area contributed by atoms with Crippen LogP contribution in [0, 0.1) is 0 Å². The molecule has 7 nitrogen and oxygen atoms in total. The van der Waals surface area contributed by atoms with Crippen molar-refractivity contribution in [3.8, 4) is 23.1 Å². The van der Waals surface area contributed by atoms with E-state index in [1.54, 1.807) is 37.6 Å². The summed E-state index contributed by atoms with van der Waals surface area (Å²) in [5.41, 5.74) is 2.50. The summed E-state index contributed by atoms with van der Waals surface area (Å²) in [6.07, 6.45) is 3.34. The number of allylic oxidation sites excluding steroid dienone is 1. The summed E-state index contributed by atoms with van der Waals surface area (Å²) < 4.78 is 22.4. The lowest BCUT2D eigenvalue weighted by molar-refractivity contribution is -0.140. The second kappa shape index (κ2) is 7.85. The van der Waals surface area contributed by atoms with Crippen molar-refractivity contribution in [2.24, 2.45) is 0 Å². The standard InChI is InChI=1S/C25H19NO6/c1-29-18-8-4-3-6-14(18)12-20-23(28)16-9-10-19-22(24(16)31-20)17(13-21(27)30-2)15-7-5-11-26-25(15)32-19/h3-12,17H,13H2,1-2H3/b20-12-/t17-/m0/s1. The molecule has 160 valence electrons. The number of para-hydroxylation sites is 1. The molecule has 0 saturated carbocycles. The van der Waals surface area contributed by atoms with Gasteiger partial charge in [0.2, 0.25) is 11.7 Å². The number of ketones is 1. The summed E-state index contributed by atoms with van der Waals surface area (Å²) in [6.45, 7) is 0. The molecule has 0 radical (unpaired) electrons. The van der Waals surface area contributed by atoms with Crippen LogP contribution < -0.4 is 14.2 Å². The van der Waals surface area contributed by atoms with Crippen LogP contribution >= 0.6 is 0 Å². The number of hydrogen-bond acceptors (Lipinski definition) is 7. The van der Waals surface area contributed by atoms with Crippen LogP contribution in [0.4, 0.5) is 0 Å². The highest BCUT2D eigenvalue weighted by Crippen LogP contribution is 2.52. The quantitative estimate of drug-likeness (QED) is 0.446. The van der Waals surface area contributed by atoms with Crippen LogP contribution in [0.25, 0.3) is 6.08 Å². The van der Waals surface area contributed by atoms with Crippen molar-refractivity contribution in [2.75, 3.05) is 14.2 Å². The van der Waals surface area contributed by atoms with Gasteiger partial charge < -0.3 is 18.9 Å². The maximum Gasteiger partial charge on any atom is 0.306 e. The monoisotopic (exact) mass is 429 g/mol. The van der Waals surface area contributed by atoms with Crippen molar-refractivity contribution in [1.82, 2.24) is 4.98 Å². The molecule has 32 heavy (non-hydrogen) atoms. The van der Waals surface area contributed by atoms with E-state index in [-0.39, 0.29) is 23.9 Å². The van der Waals surface area contributed by atoms with Crippen molar-refractivity contribution in [3.63, 3.8) is 0 Å². The minimum Gasteiger partial charge on any atom is -0.496 e. The van der Waals surface area contributed by atoms with E-state index in [0.717, 1.165) is 11.1 Å². The van der Waals surface area contributed by atoms with Gasteiger partial charge in [-0.3, -0.25) is 9.59 Å². The Morgan fingerprint density at radius 3 is 2.75 bits per heavy atom. The summed E-state index contributed by atoms with van der Waals surface area (Å²) >= 11 is 0. The molecule has 0 unspecified atom stereocenters. The topological polar surface area (TPSA) is 84.0 Å². The highest BCUT2D eigenvalue weighted by atomic mass is 16.5. The molecule has 5 rings (SSSR count). The maximum absolute atomic E-state index is 13.1. The second-order valence-electron chi connectivity index (χ2n) is 7.37. The summed E-state index contributed by atoms with van der Waals surface area (Å²) in [4.78, 5) is 29.7. The Balaban J connectivity index is 1.62. The molecule has 0 aliphatic carbocycles. The molecule has 0 fully saturated rings. The fourth-order valence-corrected chi connectivity index (χ4v) is 4.08. The van der Waals surface area contributed by atoms with Crippen molar-refractivity contribution in [1.29, 1.82) is 0 Å². The molecule has 0 amide bonds. The van der Waals surface area contributed by atoms with Gasteiger partial charge in [0, 0.05) is 28.8 Å². The Bertz CT molecular complexity index is 1280. The van der Waals surface area contributed by atoms with E-state index < -0.39 is 5.92 Å². The maximum atomic E-state index is 13.1. The zero-order valence-electron chi connectivity index (χ0n) is 17.5. The molecule has 0 bridgehead atoms. The van der Waals surface area contributed by atoms with Crippen LogP contribution in [0.3, 0.4) is 0 Å². The van der Waals surface area contributed by atoms with Gasteiger partial charge in [-0.05, 0) is 30.3 Å². The van der Waals surface area contributed by atoms with Gasteiger partial charge >= 0.3 is 5.97 Å². The van der Waals surface area contributed by atoms with E-state index in [4.69, 9.17) is 18.9 Å². The minimum absolute atomic E-state index is 0.0606. The molecule has 3 aromatic rings. The molecule has 1 atom stereocenters. The van der Waals surface area contributed by atoms with Gasteiger partial charge in [-0.15, -0.1) is 0 Å². The molecular formula is C25H19NO6. The van der Waals surface area contributed by atoms with Gasteiger partial charge in [0.15, 0.2) is 5.76 Å². The molecule has 7 heteroatoms. The Morgan fingerprint density at radius 2 is 1.94 bits per heavy atom. The lowest BCUT2D eigenvalue weighted by atomic mass is 9.85. The number of hydrogen-bond donors (Lipinski definition) is 0. The average Bonchev–Trinajstić information content (AvgIpc) is 3.14. The molecule has 3 heterocycles. The Morgan fingerprint density at radius 1 is 1.09 bits per heavy atom. The number of rotatable bonds is 4. The van der Waals surface area contributed by atoms with E-state index >= 15 is 0 Å². The average molecular weight is 429 g/mol. The number of aromatic nitrogens is 1. The van der Waals surface area contributed by atoms with E-state index in [0.29, 0.717) is 34.3 Å². The van der Waals surface area contributed by atoms with Crippen LogP contribution in [0.5, 0.6) is 23.1 Å². The lowest BCUT2D eigenvalue weighted by Gasteiger charge is -2.27. The first-order valence-corrected chi connectivity index (χ1v) is 10.0. The fraction of sp³-hybridized carbons (Fsp3) is 0.160. The van der Waals surface area contributed by atoms with E-state index in [2.05, 4.69) is 4.98 Å². The summed E-state index contributed by atoms with van der Waals surface area (Å²) in [6, 6.07) is 14.4. The van der Waals surface area contributed by atoms with Gasteiger partial charge in [0.1, 0.15) is 17.2 Å². The Kier molecular flexibility index (Phi) is 4.86. The lowest BCUT2D eigenvalue weighted by Crippen LogP contribution is -2.16. The number of fused-ring (bicyclic) bond motifs is 4. The molecule has 1 aromatic heterocycles. The molecule has 2 aliphatic rings. The zero-order valence-corrected chi connectivity index (χ0v) is 17.5. The number of benzene rings is 2. The fourth-order valence-electron chi connectivity index (χ4n) is 4.08. The SMILES string of the molecule is COC(=O)C[C@H]1c2cccnc2Oc2ccc3c(c21)O/C(=C\c1ccccc1OC)C3=O. The predicted molar refractivity (Wildman–Crippen MR) is 115 cm³/mol. The smallest absolute Gasteiger partial charge is 0.306 e. The molecule has 2 aromatic carbocycles. The minimum atomic E-state index is -0.428. The number of esters is 1. The molecule has 0 spiro atoms. The number of carbonyl (C=O) groups excluding carboxylic acids is 2. The molecule has 0 N–H and O–H groups in total. The first kappa shape index (κ1) is 19.8. The highest BCUT2D eigenvalue weighted by molar-refractivity contribution is 6.15. The first-order valence-electron chi connectivity index (χ1n) is 10.0. The normalized spacial score (nSPS) is 17.0. The van der Waals surface area contributed by atoms with Crippen molar-refractivity contribution in [2.45, 2.75) is 12.3 Å². The molecule has 2 aliphatic heterocycles. The third-order valence-electron chi connectivity index (χ3n) is 5.59. The predicted octanol–water partition coefficient (Wildman–Crippen LogP) is 4.51. The van der Waals surface area contributed by atoms with Crippen LogP contribution in [-0.2, 0) is 9.53 Å². The number of Topliss-reactive ketones (excluding diaryl/α,β-unsaturated/α-hetero) is 1. The van der Waals surface area contributed by atoms with Gasteiger partial charge in [-0.2, -0.15) is 0 Å². The largest absolute Gasteiger partial charge is 0.496 e. The van der Waals surface area contributed by atoms with E-state index in [9.17, 15) is 9.59 Å². The third kappa shape index (κ3) is 3.19. The van der Waals surface area contributed by atoms with E-state index in [1.807, 2.05) is 30.3 Å². The van der Waals surface area contributed by atoms with Crippen LogP contribution in [-0.4, -0.2) is 31.0 Å². The van der Waals surface area contributed by atoms with Crippen molar-refractivity contribution in [3.05, 3.63) is 82.7 Å². The second-order valence-corrected chi connectivity index (χ2v) is 7.37. The zero-order chi connectivity index (χ0) is 22.2. The Hall–Kier alpha value is -4.13. The first-order chi connectivity index (χ1) is 15.6. The highest BCUT2D eigenvalue weighted by Gasteiger charge is 2.39. The van der Waals surface area contributed by atoms with Gasteiger partial charge in [0.25, 0.3) is 0 Å². The van der Waals surface area contributed by atoms with Gasteiger partial charge in [-0.1, -0.05) is 24.3 Å². The van der Waals surface area contributed by atoms with Crippen molar-refractivity contribution < 1.29 is 28.5 Å². The summed E-state index contributed by atoms with van der Waals surface area (Å²) in [5, 5.41) is 0. The Labute approximate surface area is 184 Å².